The molecule has 1 heterocycles. The summed E-state index contributed by atoms with van der Waals surface area (Å²) < 4.78 is 51.6. The van der Waals surface area contributed by atoms with E-state index in [2.05, 4.69) is 9.97 Å². The monoisotopic (exact) mass is 272 g/mol. The maximum Gasteiger partial charge on any atom is 0.433 e. The van der Waals surface area contributed by atoms with Crippen LogP contribution in [0.2, 0.25) is 0 Å². The van der Waals surface area contributed by atoms with Crippen LogP contribution >= 0.6 is 0 Å². The molecular weight excluding hydrogens is 264 g/mol. The van der Waals surface area contributed by atoms with E-state index >= 15 is 0 Å². The van der Waals surface area contributed by atoms with Crippen LogP contribution in [-0.2, 0) is 12.6 Å². The third-order valence-electron chi connectivity index (χ3n) is 2.54. The van der Waals surface area contributed by atoms with Crippen LogP contribution in [0.25, 0.3) is 0 Å². The van der Waals surface area contributed by atoms with Crippen molar-refractivity contribution in [1.82, 2.24) is 9.97 Å². The van der Waals surface area contributed by atoms with Gasteiger partial charge in [-0.15, -0.1) is 0 Å². The predicted octanol–water partition coefficient (Wildman–Crippen LogP) is 2.52. The summed E-state index contributed by atoms with van der Waals surface area (Å²) in [6.45, 7) is 0. The van der Waals surface area contributed by atoms with Gasteiger partial charge in [-0.1, -0.05) is 18.2 Å². The summed E-state index contributed by atoms with van der Waals surface area (Å²) in [5.74, 6) is -0.668. The molecule has 0 aliphatic carbocycles. The van der Waals surface area contributed by atoms with E-state index in [1.807, 2.05) is 0 Å². The van der Waals surface area contributed by atoms with Crippen molar-refractivity contribution < 1.29 is 17.6 Å². The maximum atomic E-state index is 13.4. The second kappa shape index (κ2) is 4.83. The smallest absolute Gasteiger partial charge is 0.313 e. The van der Waals surface area contributed by atoms with Crippen LogP contribution in [-0.4, -0.2) is 9.97 Å². The SMILES string of the molecule is O=c1[nH]cnc(C(F)(F)F)c1Cc1ccccc1F. The van der Waals surface area contributed by atoms with Gasteiger partial charge in [-0.3, -0.25) is 4.79 Å². The van der Waals surface area contributed by atoms with E-state index in [4.69, 9.17) is 0 Å². The lowest BCUT2D eigenvalue weighted by Crippen LogP contribution is -2.23. The first kappa shape index (κ1) is 13.3. The Bertz CT molecular complexity index is 649. The van der Waals surface area contributed by atoms with Crippen LogP contribution < -0.4 is 5.56 Å². The molecule has 19 heavy (non-hydrogen) atoms. The molecule has 0 aliphatic rings. The van der Waals surface area contributed by atoms with E-state index in [-0.39, 0.29) is 5.56 Å². The molecule has 1 N–H and O–H groups in total. The quantitative estimate of drug-likeness (QED) is 0.854. The molecule has 1 aromatic carbocycles. The van der Waals surface area contributed by atoms with Crippen molar-refractivity contribution in [2.75, 3.05) is 0 Å². The summed E-state index contributed by atoms with van der Waals surface area (Å²) in [4.78, 5) is 16.7. The van der Waals surface area contributed by atoms with Crippen LogP contribution in [0.1, 0.15) is 16.8 Å². The summed E-state index contributed by atoms with van der Waals surface area (Å²) >= 11 is 0. The molecule has 1 aromatic heterocycles. The summed E-state index contributed by atoms with van der Waals surface area (Å²) in [5.41, 5.74) is -2.81. The van der Waals surface area contributed by atoms with E-state index in [0.29, 0.717) is 6.33 Å². The van der Waals surface area contributed by atoms with Crippen LogP contribution in [0.4, 0.5) is 17.6 Å². The number of rotatable bonds is 2. The van der Waals surface area contributed by atoms with Gasteiger partial charge >= 0.3 is 6.18 Å². The standard InChI is InChI=1S/C12H8F4N2O/c13-9-4-2-1-3-7(9)5-8-10(12(14,15)16)17-6-18-11(8)19/h1-4,6H,5H2,(H,17,18,19). The fourth-order valence-electron chi connectivity index (χ4n) is 1.67. The minimum Gasteiger partial charge on any atom is -0.313 e. The minimum absolute atomic E-state index is 0.00602. The van der Waals surface area contributed by atoms with Crippen molar-refractivity contribution >= 4 is 0 Å². The zero-order valence-electron chi connectivity index (χ0n) is 9.46. The van der Waals surface area contributed by atoms with E-state index in [1.165, 1.54) is 18.2 Å². The summed E-state index contributed by atoms with van der Waals surface area (Å²) in [5, 5.41) is 0. The van der Waals surface area contributed by atoms with Crippen LogP contribution in [0, 0.1) is 5.82 Å². The Morgan fingerprint density at radius 2 is 1.89 bits per heavy atom. The number of benzene rings is 1. The third-order valence-corrected chi connectivity index (χ3v) is 2.54. The Labute approximate surface area is 104 Å². The van der Waals surface area contributed by atoms with Crippen molar-refractivity contribution in [2.45, 2.75) is 12.6 Å². The van der Waals surface area contributed by atoms with E-state index in [0.717, 1.165) is 6.07 Å². The van der Waals surface area contributed by atoms with Crippen molar-refractivity contribution in [3.63, 3.8) is 0 Å². The van der Waals surface area contributed by atoms with Crippen LogP contribution in [0.5, 0.6) is 0 Å². The Morgan fingerprint density at radius 3 is 2.53 bits per heavy atom. The molecule has 0 saturated carbocycles. The number of H-pyrrole nitrogens is 1. The molecule has 3 nitrogen and oxygen atoms in total. The third kappa shape index (κ3) is 2.81. The largest absolute Gasteiger partial charge is 0.433 e. The molecule has 0 fully saturated rings. The number of nitrogens with zero attached hydrogens (tertiary/aromatic N) is 1. The second-order valence-electron chi connectivity index (χ2n) is 3.82. The summed E-state index contributed by atoms with van der Waals surface area (Å²) in [6.07, 6.45) is -4.55. The first-order chi connectivity index (χ1) is 8.89. The normalized spacial score (nSPS) is 11.6. The van der Waals surface area contributed by atoms with Gasteiger partial charge in [0.05, 0.1) is 11.9 Å². The van der Waals surface area contributed by atoms with Crippen molar-refractivity contribution in [1.29, 1.82) is 0 Å². The van der Waals surface area contributed by atoms with Gasteiger partial charge in [0.25, 0.3) is 5.56 Å². The molecule has 100 valence electrons. The van der Waals surface area contributed by atoms with Gasteiger partial charge in [0.1, 0.15) is 5.82 Å². The van der Waals surface area contributed by atoms with Crippen LogP contribution in [0.15, 0.2) is 35.4 Å². The van der Waals surface area contributed by atoms with Gasteiger partial charge in [0, 0.05) is 6.42 Å². The number of halogens is 4. The topological polar surface area (TPSA) is 45.8 Å². The molecule has 0 saturated heterocycles. The number of nitrogens with one attached hydrogen (secondary N) is 1. The van der Waals surface area contributed by atoms with Crippen molar-refractivity contribution in [2.24, 2.45) is 0 Å². The maximum absolute atomic E-state index is 13.4. The molecule has 0 radical (unpaired) electrons. The molecule has 0 bridgehead atoms. The first-order valence-corrected chi connectivity index (χ1v) is 5.26. The highest BCUT2D eigenvalue weighted by Crippen LogP contribution is 2.29. The van der Waals surface area contributed by atoms with Gasteiger partial charge in [-0.2, -0.15) is 13.2 Å². The number of hydrogen-bond acceptors (Lipinski definition) is 2. The summed E-state index contributed by atoms with van der Waals surface area (Å²) in [6, 6.07) is 5.34. The molecule has 0 spiro atoms. The van der Waals surface area contributed by atoms with Gasteiger partial charge in [0.15, 0.2) is 5.69 Å². The molecule has 0 aliphatic heterocycles. The van der Waals surface area contributed by atoms with E-state index in [1.54, 1.807) is 0 Å². The average Bonchev–Trinajstić information content (AvgIpc) is 2.33. The summed E-state index contributed by atoms with van der Waals surface area (Å²) in [7, 11) is 0. The molecule has 0 amide bonds. The predicted molar refractivity (Wildman–Crippen MR) is 59.1 cm³/mol. The minimum atomic E-state index is -4.76. The van der Waals surface area contributed by atoms with Gasteiger partial charge in [-0.05, 0) is 11.6 Å². The van der Waals surface area contributed by atoms with E-state index in [9.17, 15) is 22.4 Å². The highest BCUT2D eigenvalue weighted by atomic mass is 19.4. The molecule has 2 rings (SSSR count). The lowest BCUT2D eigenvalue weighted by molar-refractivity contribution is -0.141. The fraction of sp³-hybridized carbons (Fsp3) is 0.167. The lowest BCUT2D eigenvalue weighted by Gasteiger charge is -2.10. The van der Waals surface area contributed by atoms with Crippen molar-refractivity contribution in [3.8, 4) is 0 Å². The van der Waals surface area contributed by atoms with Gasteiger partial charge < -0.3 is 4.98 Å². The Morgan fingerprint density at radius 1 is 1.21 bits per heavy atom. The zero-order chi connectivity index (χ0) is 14.0. The van der Waals surface area contributed by atoms with Crippen molar-refractivity contribution in [3.05, 3.63) is 63.6 Å². The van der Waals surface area contributed by atoms with Gasteiger partial charge in [-0.25, -0.2) is 9.37 Å². The van der Waals surface area contributed by atoms with Gasteiger partial charge in [0.2, 0.25) is 0 Å². The zero-order valence-corrected chi connectivity index (χ0v) is 9.46. The highest BCUT2D eigenvalue weighted by Gasteiger charge is 2.36. The molecule has 0 atom stereocenters. The number of aromatic amines is 1. The van der Waals surface area contributed by atoms with E-state index < -0.39 is 35.2 Å². The molecule has 7 heteroatoms. The number of alkyl halides is 3. The Balaban J connectivity index is 2.52. The number of aromatic nitrogens is 2. The average molecular weight is 272 g/mol. The first-order valence-electron chi connectivity index (χ1n) is 5.26. The second-order valence-corrected chi connectivity index (χ2v) is 3.82. The Hall–Kier alpha value is -2.18. The number of hydrogen-bond donors (Lipinski definition) is 1. The Kier molecular flexibility index (Phi) is 3.37. The fourth-order valence-corrected chi connectivity index (χ4v) is 1.67. The van der Waals surface area contributed by atoms with Crippen LogP contribution in [0.3, 0.4) is 0 Å². The lowest BCUT2D eigenvalue weighted by atomic mass is 10.0. The molecule has 2 aromatic rings. The molecular formula is C12H8F4N2O. The highest BCUT2D eigenvalue weighted by molar-refractivity contribution is 5.29. The molecule has 0 unspecified atom stereocenters.